The van der Waals surface area contributed by atoms with Gasteiger partial charge in [0.1, 0.15) is 0 Å². The second kappa shape index (κ2) is 10.5. The quantitative estimate of drug-likeness (QED) is 0.288. The van der Waals surface area contributed by atoms with E-state index in [9.17, 15) is 4.79 Å². The van der Waals surface area contributed by atoms with Gasteiger partial charge in [-0.15, -0.1) is 0 Å². The zero-order chi connectivity index (χ0) is 17.1. The van der Waals surface area contributed by atoms with Crippen LogP contribution in [0.3, 0.4) is 0 Å². The van der Waals surface area contributed by atoms with Gasteiger partial charge in [-0.3, -0.25) is 9.79 Å². The van der Waals surface area contributed by atoms with Crippen molar-refractivity contribution in [3.63, 3.8) is 0 Å². The molecule has 1 saturated carbocycles. The molecule has 1 aliphatic rings. The lowest BCUT2D eigenvalue weighted by molar-refractivity contribution is -0.128. The highest BCUT2D eigenvalue weighted by Gasteiger charge is 2.26. The van der Waals surface area contributed by atoms with Crippen LogP contribution in [0.5, 0.6) is 0 Å². The first-order valence-corrected chi connectivity index (χ1v) is 8.78. The molecule has 1 fully saturated rings. The van der Waals surface area contributed by atoms with Crippen LogP contribution < -0.4 is 16.0 Å². The number of nitrogens with zero attached hydrogens (tertiary/aromatic N) is 1. The first kappa shape index (κ1) is 19.7. The van der Waals surface area contributed by atoms with Crippen LogP contribution in [0.25, 0.3) is 0 Å². The highest BCUT2D eigenvalue weighted by Crippen LogP contribution is 2.19. The molecule has 0 radical (unpaired) electrons. The van der Waals surface area contributed by atoms with Gasteiger partial charge in [0.15, 0.2) is 5.96 Å². The molecule has 6 nitrogen and oxygen atoms in total. The molecule has 0 heterocycles. The maximum absolute atomic E-state index is 11.8. The van der Waals surface area contributed by atoms with Gasteiger partial charge in [-0.1, -0.05) is 25.7 Å². The Bertz CT molecular complexity index is 375. The summed E-state index contributed by atoms with van der Waals surface area (Å²) in [6.45, 7) is 5.74. The van der Waals surface area contributed by atoms with Crippen LogP contribution in [0.15, 0.2) is 4.99 Å². The van der Waals surface area contributed by atoms with Crippen molar-refractivity contribution in [2.75, 3.05) is 33.8 Å². The molecule has 6 heteroatoms. The summed E-state index contributed by atoms with van der Waals surface area (Å²) in [5.41, 5.74) is -0.483. The standard InChI is InChI=1S/C17H34N4O2/c1-17(2,15(22)18-3)13-21-16(19-4)20-11-12-23-14-9-7-5-6-8-10-14/h14H,5-13H2,1-4H3,(H,18,22)(H2,19,20,21). The van der Waals surface area contributed by atoms with Crippen LogP contribution in [-0.4, -0.2) is 51.8 Å². The third kappa shape index (κ3) is 7.68. The lowest BCUT2D eigenvalue weighted by Gasteiger charge is -2.24. The predicted octanol–water partition coefficient (Wildman–Crippen LogP) is 1.66. The Balaban J connectivity index is 2.22. The van der Waals surface area contributed by atoms with Gasteiger partial charge < -0.3 is 20.7 Å². The van der Waals surface area contributed by atoms with Gasteiger partial charge in [-0.2, -0.15) is 0 Å². The molecule has 0 aromatic rings. The zero-order valence-corrected chi connectivity index (χ0v) is 15.2. The molecule has 3 N–H and O–H groups in total. The first-order valence-electron chi connectivity index (χ1n) is 8.78. The van der Waals surface area contributed by atoms with E-state index in [1.54, 1.807) is 14.1 Å². The maximum Gasteiger partial charge on any atom is 0.227 e. The molecule has 0 bridgehead atoms. The molecule has 0 spiro atoms. The summed E-state index contributed by atoms with van der Waals surface area (Å²) in [4.78, 5) is 15.9. The van der Waals surface area contributed by atoms with Gasteiger partial charge in [0, 0.05) is 27.2 Å². The fraction of sp³-hybridized carbons (Fsp3) is 0.882. The molecule has 134 valence electrons. The number of guanidine groups is 1. The zero-order valence-electron chi connectivity index (χ0n) is 15.2. The Labute approximate surface area is 140 Å². The van der Waals surface area contributed by atoms with Gasteiger partial charge in [0.25, 0.3) is 0 Å². The normalized spacial score (nSPS) is 17.5. The Hall–Kier alpha value is -1.30. The Morgan fingerprint density at radius 1 is 1.17 bits per heavy atom. The lowest BCUT2D eigenvalue weighted by atomic mass is 9.92. The average molecular weight is 326 g/mol. The smallest absolute Gasteiger partial charge is 0.227 e. The van der Waals surface area contributed by atoms with E-state index in [-0.39, 0.29) is 5.91 Å². The number of hydrogen-bond acceptors (Lipinski definition) is 3. The van der Waals surface area contributed by atoms with Crippen LogP contribution >= 0.6 is 0 Å². The molecule has 1 amide bonds. The summed E-state index contributed by atoms with van der Waals surface area (Å²) in [7, 11) is 3.39. The molecule has 0 aromatic carbocycles. The summed E-state index contributed by atoms with van der Waals surface area (Å²) in [5.74, 6) is 0.712. The molecule has 0 atom stereocenters. The summed E-state index contributed by atoms with van der Waals surface area (Å²) >= 11 is 0. The third-order valence-corrected chi connectivity index (χ3v) is 4.31. The van der Waals surface area contributed by atoms with Crippen molar-refractivity contribution in [2.24, 2.45) is 10.4 Å². The van der Waals surface area contributed by atoms with Crippen molar-refractivity contribution in [1.29, 1.82) is 0 Å². The largest absolute Gasteiger partial charge is 0.376 e. The fourth-order valence-electron chi connectivity index (χ4n) is 2.75. The SMILES string of the molecule is CN=C(NCCOC1CCCCCC1)NCC(C)(C)C(=O)NC. The van der Waals surface area contributed by atoms with Crippen molar-refractivity contribution in [1.82, 2.24) is 16.0 Å². The van der Waals surface area contributed by atoms with Crippen LogP contribution in [0, 0.1) is 5.41 Å². The number of carbonyl (C=O) groups excluding carboxylic acids is 1. The molecule has 1 rings (SSSR count). The number of hydrogen-bond donors (Lipinski definition) is 3. The third-order valence-electron chi connectivity index (χ3n) is 4.31. The van der Waals surface area contributed by atoms with Crippen LogP contribution in [0.1, 0.15) is 52.4 Å². The Morgan fingerprint density at radius 3 is 2.39 bits per heavy atom. The summed E-state index contributed by atoms with van der Waals surface area (Å²) < 4.78 is 5.95. The van der Waals surface area contributed by atoms with E-state index in [0.29, 0.717) is 25.2 Å². The molecule has 0 aromatic heterocycles. The molecule has 0 aliphatic heterocycles. The second-order valence-electron chi connectivity index (χ2n) is 6.80. The summed E-state index contributed by atoms with van der Waals surface area (Å²) in [5, 5.41) is 9.11. The molecular weight excluding hydrogens is 292 g/mol. The minimum absolute atomic E-state index is 0.0112. The van der Waals surface area contributed by atoms with Crippen molar-refractivity contribution in [2.45, 2.75) is 58.5 Å². The minimum Gasteiger partial charge on any atom is -0.376 e. The topological polar surface area (TPSA) is 74.8 Å². The summed E-state index contributed by atoms with van der Waals surface area (Å²) in [6.07, 6.45) is 8.05. The number of nitrogens with one attached hydrogen (secondary N) is 3. The van der Waals surface area contributed by atoms with Crippen molar-refractivity contribution in [3.8, 4) is 0 Å². The van der Waals surface area contributed by atoms with Crippen molar-refractivity contribution in [3.05, 3.63) is 0 Å². The monoisotopic (exact) mass is 326 g/mol. The van der Waals surface area contributed by atoms with Gasteiger partial charge >= 0.3 is 0 Å². The van der Waals surface area contributed by atoms with Gasteiger partial charge in [-0.05, 0) is 26.7 Å². The van der Waals surface area contributed by atoms with Gasteiger partial charge in [-0.25, -0.2) is 0 Å². The number of amides is 1. The van der Waals surface area contributed by atoms with E-state index >= 15 is 0 Å². The number of aliphatic imine (C=N–C) groups is 1. The molecule has 0 unspecified atom stereocenters. The van der Waals surface area contributed by atoms with Crippen molar-refractivity contribution < 1.29 is 9.53 Å². The van der Waals surface area contributed by atoms with Crippen LogP contribution in [0.2, 0.25) is 0 Å². The maximum atomic E-state index is 11.8. The van der Waals surface area contributed by atoms with Gasteiger partial charge in [0.2, 0.25) is 5.91 Å². The minimum atomic E-state index is -0.483. The highest BCUT2D eigenvalue weighted by atomic mass is 16.5. The van der Waals surface area contributed by atoms with Crippen molar-refractivity contribution >= 4 is 11.9 Å². The lowest BCUT2D eigenvalue weighted by Crippen LogP contribution is -2.47. The molecule has 23 heavy (non-hydrogen) atoms. The average Bonchev–Trinajstić information content (AvgIpc) is 2.82. The van der Waals surface area contributed by atoms with E-state index in [1.807, 2.05) is 13.8 Å². The van der Waals surface area contributed by atoms with Crippen LogP contribution in [0.4, 0.5) is 0 Å². The molecule has 0 saturated heterocycles. The predicted molar refractivity (Wildman–Crippen MR) is 94.7 cm³/mol. The van der Waals surface area contributed by atoms with E-state index in [4.69, 9.17) is 4.74 Å². The van der Waals surface area contributed by atoms with E-state index < -0.39 is 5.41 Å². The number of carbonyl (C=O) groups is 1. The number of rotatable bonds is 7. The first-order chi connectivity index (χ1) is 11.0. The van der Waals surface area contributed by atoms with E-state index in [0.717, 1.165) is 6.54 Å². The van der Waals surface area contributed by atoms with E-state index in [1.165, 1.54) is 38.5 Å². The Morgan fingerprint density at radius 2 is 1.83 bits per heavy atom. The Kier molecular flexibility index (Phi) is 8.99. The number of ether oxygens (including phenoxy) is 1. The highest BCUT2D eigenvalue weighted by molar-refractivity contribution is 5.84. The van der Waals surface area contributed by atoms with Crippen LogP contribution in [-0.2, 0) is 9.53 Å². The van der Waals surface area contributed by atoms with Gasteiger partial charge in [0.05, 0.1) is 18.1 Å². The van der Waals surface area contributed by atoms with E-state index in [2.05, 4.69) is 20.9 Å². The molecule has 1 aliphatic carbocycles. The fourth-order valence-corrected chi connectivity index (χ4v) is 2.75. The summed E-state index contributed by atoms with van der Waals surface area (Å²) in [6, 6.07) is 0. The molecular formula is C17H34N4O2. The second-order valence-corrected chi connectivity index (χ2v) is 6.80.